The Kier molecular flexibility index (Phi) is 5.65. The van der Waals surface area contributed by atoms with Crippen molar-refractivity contribution in [3.8, 4) is 5.75 Å². The molecule has 0 saturated carbocycles. The fourth-order valence-electron chi connectivity index (χ4n) is 2.35. The molecular formula is C20H17ClN2O2. The van der Waals surface area contributed by atoms with Gasteiger partial charge in [0, 0.05) is 23.1 Å². The molecule has 0 fully saturated rings. The number of carbonyl (C=O) groups excluding carboxylic acids is 1. The molecule has 2 aromatic carbocycles. The van der Waals surface area contributed by atoms with Crippen LogP contribution >= 0.6 is 11.6 Å². The number of carbonyl (C=O) groups is 1. The molecule has 5 heteroatoms. The molecule has 3 aromatic rings. The first-order valence-corrected chi connectivity index (χ1v) is 8.23. The number of rotatable bonds is 6. The van der Waals surface area contributed by atoms with E-state index in [4.69, 9.17) is 16.3 Å². The molecule has 0 aliphatic rings. The Balaban J connectivity index is 1.51. The van der Waals surface area contributed by atoms with Crippen LogP contribution in [0.2, 0.25) is 5.02 Å². The predicted molar refractivity (Wildman–Crippen MR) is 99.1 cm³/mol. The highest BCUT2D eigenvalue weighted by atomic mass is 35.5. The molecule has 0 bridgehead atoms. The number of ether oxygens (including phenoxy) is 1. The Labute approximate surface area is 151 Å². The number of nitrogens with one attached hydrogen (secondary N) is 1. The van der Waals surface area contributed by atoms with Crippen LogP contribution in [-0.2, 0) is 11.2 Å². The third kappa shape index (κ3) is 5.33. The molecule has 126 valence electrons. The van der Waals surface area contributed by atoms with E-state index < -0.39 is 0 Å². The summed E-state index contributed by atoms with van der Waals surface area (Å²) in [6.45, 7) is -0.0703. The highest BCUT2D eigenvalue weighted by Gasteiger charge is 2.04. The van der Waals surface area contributed by atoms with Crippen molar-refractivity contribution in [2.24, 2.45) is 0 Å². The maximum absolute atomic E-state index is 12.0. The van der Waals surface area contributed by atoms with Crippen LogP contribution in [0.4, 0.5) is 5.69 Å². The van der Waals surface area contributed by atoms with E-state index in [1.54, 1.807) is 36.7 Å². The van der Waals surface area contributed by atoms with Crippen molar-refractivity contribution in [1.82, 2.24) is 4.98 Å². The van der Waals surface area contributed by atoms with Crippen LogP contribution in [0.1, 0.15) is 11.1 Å². The number of pyridine rings is 1. The van der Waals surface area contributed by atoms with Crippen LogP contribution in [0.15, 0.2) is 73.1 Å². The Morgan fingerprint density at radius 2 is 1.72 bits per heavy atom. The van der Waals surface area contributed by atoms with Crippen LogP contribution < -0.4 is 10.1 Å². The van der Waals surface area contributed by atoms with Crippen LogP contribution in [0.3, 0.4) is 0 Å². The first kappa shape index (κ1) is 17.0. The normalized spacial score (nSPS) is 10.3. The number of nitrogens with zero attached hydrogens (tertiary/aromatic N) is 1. The van der Waals surface area contributed by atoms with E-state index in [1.165, 1.54) is 11.1 Å². The summed E-state index contributed by atoms with van der Waals surface area (Å²) < 4.78 is 5.42. The molecule has 1 aromatic heterocycles. The van der Waals surface area contributed by atoms with Gasteiger partial charge in [0.25, 0.3) is 5.91 Å². The van der Waals surface area contributed by atoms with Crippen LogP contribution in [0.5, 0.6) is 5.75 Å². The lowest BCUT2D eigenvalue weighted by atomic mass is 10.1. The molecule has 1 amide bonds. The van der Waals surface area contributed by atoms with Gasteiger partial charge in [-0.15, -0.1) is 0 Å². The van der Waals surface area contributed by atoms with Crippen LogP contribution in [0, 0.1) is 0 Å². The summed E-state index contributed by atoms with van der Waals surface area (Å²) in [4.78, 5) is 16.0. The smallest absolute Gasteiger partial charge is 0.262 e. The van der Waals surface area contributed by atoms with E-state index in [0.717, 1.165) is 12.1 Å². The summed E-state index contributed by atoms with van der Waals surface area (Å²) in [5.41, 5.74) is 3.10. The molecule has 0 spiro atoms. The second-order valence-corrected chi connectivity index (χ2v) is 5.96. The third-order valence-corrected chi connectivity index (χ3v) is 3.80. The maximum Gasteiger partial charge on any atom is 0.262 e. The van der Waals surface area contributed by atoms with Gasteiger partial charge in [0.15, 0.2) is 6.61 Å². The molecule has 0 saturated heterocycles. The molecule has 0 radical (unpaired) electrons. The molecule has 1 N–H and O–H groups in total. The molecular weight excluding hydrogens is 336 g/mol. The van der Waals surface area contributed by atoms with Crippen LogP contribution in [0.25, 0.3) is 0 Å². The molecule has 0 unspecified atom stereocenters. The lowest BCUT2D eigenvalue weighted by Crippen LogP contribution is -2.20. The number of hydrogen-bond acceptors (Lipinski definition) is 3. The standard InChI is InChI=1S/C20H17ClN2O2/c21-17-2-1-3-19(13-17)25-14-20(24)23-18-6-4-15(5-7-18)12-16-8-10-22-11-9-16/h1-11,13H,12,14H2,(H,23,24). The van der Waals surface area contributed by atoms with Gasteiger partial charge in [-0.1, -0.05) is 29.8 Å². The number of amides is 1. The van der Waals surface area contributed by atoms with Crippen molar-refractivity contribution in [3.63, 3.8) is 0 Å². The number of aromatic nitrogens is 1. The van der Waals surface area contributed by atoms with Gasteiger partial charge < -0.3 is 10.1 Å². The molecule has 0 aliphatic heterocycles. The average molecular weight is 353 g/mol. The zero-order valence-corrected chi connectivity index (χ0v) is 14.2. The highest BCUT2D eigenvalue weighted by Crippen LogP contribution is 2.17. The summed E-state index contributed by atoms with van der Waals surface area (Å²) in [6, 6.07) is 18.7. The van der Waals surface area contributed by atoms with Crippen molar-refractivity contribution in [2.75, 3.05) is 11.9 Å². The number of anilines is 1. The Morgan fingerprint density at radius 3 is 2.44 bits per heavy atom. The monoisotopic (exact) mass is 352 g/mol. The predicted octanol–water partition coefficient (Wildman–Crippen LogP) is 4.34. The molecule has 0 atom stereocenters. The maximum atomic E-state index is 12.0. The minimum Gasteiger partial charge on any atom is -0.484 e. The van der Waals surface area contributed by atoms with Gasteiger partial charge in [-0.2, -0.15) is 0 Å². The minimum atomic E-state index is -0.221. The van der Waals surface area contributed by atoms with E-state index in [0.29, 0.717) is 10.8 Å². The third-order valence-electron chi connectivity index (χ3n) is 3.56. The van der Waals surface area contributed by atoms with Crippen molar-refractivity contribution in [1.29, 1.82) is 0 Å². The van der Waals surface area contributed by atoms with Crippen molar-refractivity contribution < 1.29 is 9.53 Å². The molecule has 0 aliphatic carbocycles. The van der Waals surface area contributed by atoms with Crippen molar-refractivity contribution in [3.05, 3.63) is 89.2 Å². The fourth-order valence-corrected chi connectivity index (χ4v) is 2.53. The summed E-state index contributed by atoms with van der Waals surface area (Å²) in [5, 5.41) is 3.38. The largest absolute Gasteiger partial charge is 0.484 e. The van der Waals surface area contributed by atoms with Gasteiger partial charge in [-0.25, -0.2) is 0 Å². The number of hydrogen-bond donors (Lipinski definition) is 1. The van der Waals surface area contributed by atoms with Gasteiger partial charge in [-0.3, -0.25) is 9.78 Å². The van der Waals surface area contributed by atoms with Crippen molar-refractivity contribution >= 4 is 23.2 Å². The minimum absolute atomic E-state index is 0.0703. The van der Waals surface area contributed by atoms with E-state index in [2.05, 4.69) is 10.3 Å². The van der Waals surface area contributed by atoms with E-state index in [9.17, 15) is 4.79 Å². The second kappa shape index (κ2) is 8.31. The first-order chi connectivity index (χ1) is 12.2. The zero-order valence-electron chi connectivity index (χ0n) is 13.5. The average Bonchev–Trinajstić information content (AvgIpc) is 2.63. The summed E-state index contributed by atoms with van der Waals surface area (Å²) in [6.07, 6.45) is 4.39. The second-order valence-electron chi connectivity index (χ2n) is 5.52. The van der Waals surface area contributed by atoms with Gasteiger partial charge in [0.1, 0.15) is 5.75 Å². The van der Waals surface area contributed by atoms with Crippen molar-refractivity contribution in [2.45, 2.75) is 6.42 Å². The number of halogens is 1. The SMILES string of the molecule is O=C(COc1cccc(Cl)c1)Nc1ccc(Cc2ccncc2)cc1. The highest BCUT2D eigenvalue weighted by molar-refractivity contribution is 6.30. The Hall–Kier alpha value is -2.85. The lowest BCUT2D eigenvalue weighted by Gasteiger charge is -2.08. The molecule has 25 heavy (non-hydrogen) atoms. The molecule has 3 rings (SSSR count). The summed E-state index contributed by atoms with van der Waals surface area (Å²) >= 11 is 5.88. The van der Waals surface area contributed by atoms with Crippen LogP contribution in [-0.4, -0.2) is 17.5 Å². The quantitative estimate of drug-likeness (QED) is 0.717. The van der Waals surface area contributed by atoms with E-state index in [-0.39, 0.29) is 12.5 Å². The topological polar surface area (TPSA) is 51.2 Å². The van der Waals surface area contributed by atoms with E-state index in [1.807, 2.05) is 36.4 Å². The lowest BCUT2D eigenvalue weighted by molar-refractivity contribution is -0.118. The molecule has 1 heterocycles. The van der Waals surface area contributed by atoms with E-state index >= 15 is 0 Å². The number of benzene rings is 2. The summed E-state index contributed by atoms with van der Waals surface area (Å²) in [7, 11) is 0. The first-order valence-electron chi connectivity index (χ1n) is 7.85. The Bertz CT molecular complexity index is 836. The molecule has 4 nitrogen and oxygen atoms in total. The summed E-state index contributed by atoms with van der Waals surface area (Å²) in [5.74, 6) is 0.345. The fraction of sp³-hybridized carbons (Fsp3) is 0.100. The van der Waals surface area contributed by atoms with Gasteiger partial charge in [0.05, 0.1) is 0 Å². The van der Waals surface area contributed by atoms with Gasteiger partial charge in [0.2, 0.25) is 0 Å². The Morgan fingerprint density at radius 1 is 1.00 bits per heavy atom. The van der Waals surface area contributed by atoms with Gasteiger partial charge in [-0.05, 0) is 60.0 Å². The zero-order chi connectivity index (χ0) is 17.5. The van der Waals surface area contributed by atoms with Gasteiger partial charge >= 0.3 is 0 Å².